The lowest BCUT2D eigenvalue weighted by atomic mass is 9.89. The number of allylic oxidation sites excluding steroid dienone is 1. The SMILES string of the molecule is Cc1cc(C2=Cc3c(cc(C)c(C)c3-c3ccccc3)C2[Si]2CCC2)oc1C. The Balaban J connectivity index is 1.75. The minimum absolute atomic E-state index is 0.392. The average molecular weight is 384 g/mol. The van der Waals surface area contributed by atoms with E-state index in [1.807, 2.05) is 0 Å². The summed E-state index contributed by atoms with van der Waals surface area (Å²) in [4.78, 5) is 0. The second kappa shape index (κ2) is 6.63. The Morgan fingerprint density at radius 3 is 2.29 bits per heavy atom. The van der Waals surface area contributed by atoms with Crippen LogP contribution in [-0.2, 0) is 0 Å². The van der Waals surface area contributed by atoms with Crippen molar-refractivity contribution in [3.8, 4) is 11.1 Å². The monoisotopic (exact) mass is 383 g/mol. The second-order valence-corrected chi connectivity index (χ2v) is 11.4. The van der Waals surface area contributed by atoms with Crippen LogP contribution < -0.4 is 0 Å². The van der Waals surface area contributed by atoms with Gasteiger partial charge in [0.05, 0.1) is 8.80 Å². The highest BCUT2D eigenvalue weighted by atomic mass is 28.3. The van der Waals surface area contributed by atoms with Crippen LogP contribution in [0.25, 0.3) is 22.8 Å². The molecule has 1 aliphatic carbocycles. The Labute approximate surface area is 169 Å². The van der Waals surface area contributed by atoms with Gasteiger partial charge in [0, 0.05) is 5.54 Å². The molecule has 1 saturated heterocycles. The van der Waals surface area contributed by atoms with Gasteiger partial charge in [0.2, 0.25) is 0 Å². The highest BCUT2D eigenvalue weighted by Crippen LogP contribution is 2.51. The summed E-state index contributed by atoms with van der Waals surface area (Å²) in [5.74, 6) is 2.14. The molecule has 0 amide bonds. The van der Waals surface area contributed by atoms with E-state index in [0.29, 0.717) is 5.54 Å². The van der Waals surface area contributed by atoms with Crippen LogP contribution in [0, 0.1) is 27.7 Å². The standard InChI is InChI=1S/C26H27OSi/c1-16-13-22-21(25(18(16)3)20-9-6-5-7-10-20)15-23(26(22)28-11-8-12-28)24-14-17(2)19(4)27-24/h5-7,9-10,13-15,26H,8,11-12H2,1-4H3. The molecule has 2 heteroatoms. The first-order chi connectivity index (χ1) is 13.5. The van der Waals surface area contributed by atoms with E-state index in [-0.39, 0.29) is 0 Å². The number of furan rings is 1. The molecule has 1 unspecified atom stereocenters. The zero-order chi connectivity index (χ0) is 19.4. The molecule has 1 atom stereocenters. The normalized spacial score (nSPS) is 18.7. The van der Waals surface area contributed by atoms with Crippen molar-refractivity contribution >= 4 is 20.4 Å². The van der Waals surface area contributed by atoms with E-state index in [4.69, 9.17) is 4.42 Å². The van der Waals surface area contributed by atoms with E-state index in [1.54, 1.807) is 5.56 Å². The predicted molar refractivity (Wildman–Crippen MR) is 120 cm³/mol. The van der Waals surface area contributed by atoms with Crippen molar-refractivity contribution < 1.29 is 4.42 Å². The Kier molecular flexibility index (Phi) is 4.20. The van der Waals surface area contributed by atoms with Crippen LogP contribution in [0.15, 0.2) is 46.9 Å². The van der Waals surface area contributed by atoms with Crippen LogP contribution in [-0.4, -0.2) is 8.80 Å². The Morgan fingerprint density at radius 1 is 0.929 bits per heavy atom. The van der Waals surface area contributed by atoms with Crippen molar-refractivity contribution in [2.24, 2.45) is 0 Å². The molecule has 3 aromatic rings. The molecule has 2 heterocycles. The Hall–Kier alpha value is -2.32. The summed E-state index contributed by atoms with van der Waals surface area (Å²) in [5, 5.41) is 0. The largest absolute Gasteiger partial charge is 0.461 e. The first kappa shape index (κ1) is 17.8. The van der Waals surface area contributed by atoms with Gasteiger partial charge in [-0.05, 0) is 84.4 Å². The molecule has 0 N–H and O–H groups in total. The fourth-order valence-corrected chi connectivity index (χ4v) is 7.46. The topological polar surface area (TPSA) is 13.1 Å². The Morgan fingerprint density at radius 2 is 1.68 bits per heavy atom. The summed E-state index contributed by atoms with van der Waals surface area (Å²) in [6.07, 6.45) is 3.86. The van der Waals surface area contributed by atoms with Gasteiger partial charge in [0.1, 0.15) is 11.5 Å². The van der Waals surface area contributed by atoms with E-state index < -0.39 is 8.80 Å². The van der Waals surface area contributed by atoms with Gasteiger partial charge in [0.15, 0.2) is 0 Å². The number of benzene rings is 2. The molecule has 141 valence electrons. The average Bonchev–Trinajstić information content (AvgIpc) is 3.16. The maximum absolute atomic E-state index is 6.23. The van der Waals surface area contributed by atoms with Gasteiger partial charge in [-0.2, -0.15) is 0 Å². The molecule has 1 nitrogen and oxygen atoms in total. The molecule has 5 rings (SSSR count). The quantitative estimate of drug-likeness (QED) is 0.434. The summed E-state index contributed by atoms with van der Waals surface area (Å²) < 4.78 is 6.23. The maximum atomic E-state index is 6.23. The molecule has 0 saturated carbocycles. The van der Waals surface area contributed by atoms with Crippen LogP contribution in [0.1, 0.15) is 51.3 Å². The van der Waals surface area contributed by atoms with Crippen LogP contribution in [0.3, 0.4) is 0 Å². The highest BCUT2D eigenvalue weighted by molar-refractivity contribution is 6.66. The maximum Gasteiger partial charge on any atom is 0.130 e. The molecular formula is C26H27OSi. The third-order valence-electron chi connectivity index (χ3n) is 6.76. The number of aryl methyl sites for hydroxylation is 3. The van der Waals surface area contributed by atoms with E-state index >= 15 is 0 Å². The lowest BCUT2D eigenvalue weighted by Gasteiger charge is -2.32. The number of rotatable bonds is 3. The Bertz CT molecular complexity index is 1060. The molecule has 1 fully saturated rings. The highest BCUT2D eigenvalue weighted by Gasteiger charge is 2.39. The molecule has 1 aromatic heterocycles. The number of fused-ring (bicyclic) bond motifs is 1. The lowest BCUT2D eigenvalue weighted by Crippen LogP contribution is -2.30. The minimum atomic E-state index is -0.392. The van der Waals surface area contributed by atoms with Crippen LogP contribution in [0.5, 0.6) is 0 Å². The van der Waals surface area contributed by atoms with Crippen molar-refractivity contribution in [3.05, 3.63) is 81.8 Å². The molecule has 1 radical (unpaired) electrons. The minimum Gasteiger partial charge on any atom is -0.461 e. The van der Waals surface area contributed by atoms with Gasteiger partial charge in [0.25, 0.3) is 0 Å². The molecule has 0 spiro atoms. The van der Waals surface area contributed by atoms with Gasteiger partial charge in [-0.3, -0.25) is 0 Å². The van der Waals surface area contributed by atoms with E-state index in [0.717, 1.165) is 11.5 Å². The summed E-state index contributed by atoms with van der Waals surface area (Å²) in [6, 6.07) is 18.5. The van der Waals surface area contributed by atoms with Gasteiger partial charge < -0.3 is 4.42 Å². The lowest BCUT2D eigenvalue weighted by molar-refractivity contribution is 0.518. The molecule has 28 heavy (non-hydrogen) atoms. The fourth-order valence-electron chi connectivity index (χ4n) is 4.78. The first-order valence-electron chi connectivity index (χ1n) is 10.4. The van der Waals surface area contributed by atoms with Gasteiger partial charge in [-0.1, -0.05) is 54.9 Å². The predicted octanol–water partition coefficient (Wildman–Crippen LogP) is 7.26. The molecule has 1 aliphatic heterocycles. The van der Waals surface area contributed by atoms with Gasteiger partial charge in [-0.25, -0.2) is 0 Å². The molecular weight excluding hydrogens is 356 g/mol. The van der Waals surface area contributed by atoms with Crippen molar-refractivity contribution in [2.75, 3.05) is 0 Å². The van der Waals surface area contributed by atoms with Crippen molar-refractivity contribution in [2.45, 2.75) is 51.7 Å². The van der Waals surface area contributed by atoms with Crippen molar-refractivity contribution in [1.82, 2.24) is 0 Å². The molecule has 2 aliphatic rings. The smallest absolute Gasteiger partial charge is 0.130 e. The molecule has 2 aromatic carbocycles. The first-order valence-corrected chi connectivity index (χ1v) is 12.4. The van der Waals surface area contributed by atoms with Crippen LogP contribution in [0.4, 0.5) is 0 Å². The summed E-state index contributed by atoms with van der Waals surface area (Å²) >= 11 is 0. The van der Waals surface area contributed by atoms with Gasteiger partial charge >= 0.3 is 0 Å². The second-order valence-electron chi connectivity index (χ2n) is 8.46. The van der Waals surface area contributed by atoms with E-state index in [1.165, 1.54) is 57.5 Å². The zero-order valence-electron chi connectivity index (χ0n) is 17.2. The van der Waals surface area contributed by atoms with Gasteiger partial charge in [-0.15, -0.1) is 0 Å². The summed E-state index contributed by atoms with van der Waals surface area (Å²) in [6.45, 7) is 8.79. The molecule has 0 bridgehead atoms. The summed E-state index contributed by atoms with van der Waals surface area (Å²) in [5.41, 5.74) is 11.8. The third kappa shape index (κ3) is 2.66. The fraction of sp³-hybridized carbons (Fsp3) is 0.308. The van der Waals surface area contributed by atoms with Crippen LogP contribution >= 0.6 is 0 Å². The number of hydrogen-bond acceptors (Lipinski definition) is 1. The van der Waals surface area contributed by atoms with Crippen LogP contribution in [0.2, 0.25) is 12.1 Å². The van der Waals surface area contributed by atoms with E-state index in [9.17, 15) is 0 Å². The number of hydrogen-bond donors (Lipinski definition) is 0. The zero-order valence-corrected chi connectivity index (χ0v) is 18.2. The summed E-state index contributed by atoms with van der Waals surface area (Å²) in [7, 11) is -0.392. The third-order valence-corrected chi connectivity index (χ3v) is 10.2. The van der Waals surface area contributed by atoms with Crippen molar-refractivity contribution in [3.63, 3.8) is 0 Å². The van der Waals surface area contributed by atoms with E-state index in [2.05, 4.69) is 76.2 Å². The van der Waals surface area contributed by atoms with Crippen molar-refractivity contribution in [1.29, 1.82) is 0 Å².